The molecule has 0 radical (unpaired) electrons. The summed E-state index contributed by atoms with van der Waals surface area (Å²) in [6.45, 7) is 0.160. The van der Waals surface area contributed by atoms with Crippen molar-refractivity contribution in [1.29, 1.82) is 0 Å². The quantitative estimate of drug-likeness (QED) is 0.207. The van der Waals surface area contributed by atoms with Gasteiger partial charge in [-0.25, -0.2) is 4.79 Å². The molecule has 1 saturated heterocycles. The number of amides is 2. The number of benzene rings is 3. The van der Waals surface area contributed by atoms with Gasteiger partial charge in [0.2, 0.25) is 0 Å². The molecule has 0 saturated carbocycles. The SMILES string of the molecule is O=C1NC(=S)N(c2cccc(C(=O)O)c2)C(=O)C1=Cc1cc(Br)ccc1OCc1ccc(Cl)c(Cl)c1. The Morgan fingerprint density at radius 3 is 2.58 bits per heavy atom. The zero-order valence-electron chi connectivity index (χ0n) is 18.1. The van der Waals surface area contributed by atoms with Gasteiger partial charge in [-0.3, -0.25) is 19.8 Å². The maximum absolute atomic E-state index is 13.4. The Hall–Kier alpha value is -3.24. The van der Waals surface area contributed by atoms with Crippen molar-refractivity contribution in [2.75, 3.05) is 4.90 Å². The van der Waals surface area contributed by atoms with Gasteiger partial charge in [0.05, 0.1) is 21.3 Å². The fourth-order valence-corrected chi connectivity index (χ4v) is 4.36. The van der Waals surface area contributed by atoms with E-state index in [1.54, 1.807) is 36.4 Å². The topological polar surface area (TPSA) is 95.9 Å². The van der Waals surface area contributed by atoms with Crippen LogP contribution in [0.1, 0.15) is 21.5 Å². The highest BCUT2D eigenvalue weighted by molar-refractivity contribution is 9.10. The number of carbonyl (C=O) groups is 3. The van der Waals surface area contributed by atoms with Gasteiger partial charge < -0.3 is 9.84 Å². The Balaban J connectivity index is 1.68. The van der Waals surface area contributed by atoms with Gasteiger partial charge in [-0.1, -0.05) is 51.3 Å². The minimum atomic E-state index is -1.16. The van der Waals surface area contributed by atoms with E-state index in [9.17, 15) is 19.5 Å². The fraction of sp³-hybridized carbons (Fsp3) is 0.0400. The van der Waals surface area contributed by atoms with Crippen LogP contribution < -0.4 is 15.0 Å². The van der Waals surface area contributed by atoms with Crippen molar-refractivity contribution in [3.8, 4) is 5.75 Å². The van der Waals surface area contributed by atoms with Crippen molar-refractivity contribution in [2.45, 2.75) is 6.61 Å². The lowest BCUT2D eigenvalue weighted by Gasteiger charge is -2.29. The Labute approximate surface area is 229 Å². The monoisotopic (exact) mass is 604 g/mol. The first-order chi connectivity index (χ1) is 17.1. The van der Waals surface area contributed by atoms with Crippen LogP contribution >= 0.6 is 51.3 Å². The number of anilines is 1. The van der Waals surface area contributed by atoms with Crippen molar-refractivity contribution in [3.05, 3.63) is 97.4 Å². The number of ether oxygens (including phenoxy) is 1. The van der Waals surface area contributed by atoms with Gasteiger partial charge in [0.15, 0.2) is 5.11 Å². The predicted molar refractivity (Wildman–Crippen MR) is 145 cm³/mol. The summed E-state index contributed by atoms with van der Waals surface area (Å²) in [5.41, 5.74) is 1.20. The van der Waals surface area contributed by atoms with Crippen molar-refractivity contribution >= 4 is 86.0 Å². The highest BCUT2D eigenvalue weighted by Gasteiger charge is 2.35. The number of thiocarbonyl (C=S) groups is 1. The number of aromatic carboxylic acids is 1. The first kappa shape index (κ1) is 25.8. The molecule has 4 rings (SSSR count). The lowest BCUT2D eigenvalue weighted by Crippen LogP contribution is -2.54. The molecule has 36 heavy (non-hydrogen) atoms. The van der Waals surface area contributed by atoms with Crippen LogP contribution in [0.15, 0.2) is 70.7 Å². The number of rotatable bonds is 6. The molecular formula is C25H15BrCl2N2O5S. The first-order valence-electron chi connectivity index (χ1n) is 10.2. The molecule has 2 N–H and O–H groups in total. The number of hydrogen-bond acceptors (Lipinski definition) is 5. The molecule has 1 heterocycles. The average Bonchev–Trinajstić information content (AvgIpc) is 2.83. The summed E-state index contributed by atoms with van der Waals surface area (Å²) in [4.78, 5) is 38.5. The zero-order valence-corrected chi connectivity index (χ0v) is 22.0. The van der Waals surface area contributed by atoms with E-state index in [-0.39, 0.29) is 28.5 Å². The molecule has 0 unspecified atom stereocenters. The molecule has 1 aliphatic heterocycles. The molecule has 11 heteroatoms. The summed E-state index contributed by atoms with van der Waals surface area (Å²) in [6, 6.07) is 16.0. The fourth-order valence-electron chi connectivity index (χ4n) is 3.38. The number of carboxylic acids is 1. The minimum absolute atomic E-state index is 0.0319. The van der Waals surface area contributed by atoms with Crippen LogP contribution in [0.4, 0.5) is 5.69 Å². The number of carboxylic acid groups (broad SMARTS) is 1. The first-order valence-corrected chi connectivity index (χ1v) is 12.2. The summed E-state index contributed by atoms with van der Waals surface area (Å²) >= 11 is 20.6. The average molecular weight is 606 g/mol. The van der Waals surface area contributed by atoms with E-state index < -0.39 is 17.8 Å². The lowest BCUT2D eigenvalue weighted by molar-refractivity contribution is -0.122. The van der Waals surface area contributed by atoms with Crippen LogP contribution in [0, 0.1) is 0 Å². The summed E-state index contributed by atoms with van der Waals surface area (Å²) < 4.78 is 6.64. The molecule has 7 nitrogen and oxygen atoms in total. The molecule has 0 aliphatic carbocycles. The summed E-state index contributed by atoms with van der Waals surface area (Å²) in [5.74, 6) is -2.15. The van der Waals surface area contributed by atoms with Gasteiger partial charge in [-0.15, -0.1) is 0 Å². The Kier molecular flexibility index (Phi) is 7.75. The summed E-state index contributed by atoms with van der Waals surface area (Å²) in [6.07, 6.45) is 1.39. The van der Waals surface area contributed by atoms with Gasteiger partial charge in [-0.05, 0) is 72.4 Å². The molecule has 3 aromatic carbocycles. The number of nitrogens with zero attached hydrogens (tertiary/aromatic N) is 1. The van der Waals surface area contributed by atoms with Crippen molar-refractivity contribution in [2.24, 2.45) is 0 Å². The third-order valence-electron chi connectivity index (χ3n) is 5.10. The highest BCUT2D eigenvalue weighted by Crippen LogP contribution is 2.30. The standard InChI is InChI=1S/C25H15BrCl2N2O5S/c26-16-5-7-21(35-12-13-4-6-19(27)20(28)8-13)15(9-16)11-18-22(31)29-25(36)30(23(18)32)17-3-1-2-14(10-17)24(33)34/h1-11H,12H2,(H,33,34)(H,29,31,36). The van der Waals surface area contributed by atoms with Gasteiger partial charge in [-0.2, -0.15) is 0 Å². The van der Waals surface area contributed by atoms with E-state index in [2.05, 4.69) is 21.2 Å². The van der Waals surface area contributed by atoms with Crippen LogP contribution in [-0.4, -0.2) is 28.0 Å². The molecular weight excluding hydrogens is 591 g/mol. The number of hydrogen-bond donors (Lipinski definition) is 2. The number of halogens is 3. The van der Waals surface area contributed by atoms with E-state index in [0.29, 0.717) is 25.8 Å². The summed E-state index contributed by atoms with van der Waals surface area (Å²) in [7, 11) is 0. The van der Waals surface area contributed by atoms with Crippen molar-refractivity contribution < 1.29 is 24.2 Å². The van der Waals surface area contributed by atoms with Crippen LogP contribution in [0.3, 0.4) is 0 Å². The van der Waals surface area contributed by atoms with Crippen molar-refractivity contribution in [3.63, 3.8) is 0 Å². The lowest BCUT2D eigenvalue weighted by atomic mass is 10.1. The largest absolute Gasteiger partial charge is 0.488 e. The van der Waals surface area contributed by atoms with Crippen LogP contribution in [0.25, 0.3) is 6.08 Å². The third-order valence-corrected chi connectivity index (χ3v) is 6.62. The molecule has 1 aliphatic rings. The highest BCUT2D eigenvalue weighted by atomic mass is 79.9. The van der Waals surface area contributed by atoms with Gasteiger partial charge in [0.25, 0.3) is 11.8 Å². The van der Waals surface area contributed by atoms with Crippen LogP contribution in [-0.2, 0) is 16.2 Å². The maximum atomic E-state index is 13.4. The molecule has 182 valence electrons. The molecule has 0 aromatic heterocycles. The summed E-state index contributed by atoms with van der Waals surface area (Å²) in [5, 5.41) is 12.4. The van der Waals surface area contributed by atoms with E-state index in [4.69, 9.17) is 40.2 Å². The normalized spacial score (nSPS) is 14.7. The Morgan fingerprint density at radius 1 is 1.08 bits per heavy atom. The second-order valence-electron chi connectivity index (χ2n) is 7.53. The predicted octanol–water partition coefficient (Wildman–Crippen LogP) is 5.86. The molecule has 2 amide bonds. The molecule has 0 bridgehead atoms. The second kappa shape index (κ2) is 10.8. The Bertz CT molecular complexity index is 1460. The van der Waals surface area contributed by atoms with Crippen LogP contribution in [0.5, 0.6) is 5.75 Å². The van der Waals surface area contributed by atoms with E-state index in [0.717, 1.165) is 10.5 Å². The van der Waals surface area contributed by atoms with Gasteiger partial charge in [0.1, 0.15) is 17.9 Å². The number of carbonyl (C=O) groups excluding carboxylic acids is 2. The van der Waals surface area contributed by atoms with Gasteiger partial charge >= 0.3 is 5.97 Å². The zero-order chi connectivity index (χ0) is 26.0. The third kappa shape index (κ3) is 5.60. The number of nitrogens with one attached hydrogen (secondary N) is 1. The molecule has 0 spiro atoms. The van der Waals surface area contributed by atoms with E-state index in [1.807, 2.05) is 0 Å². The van der Waals surface area contributed by atoms with Crippen molar-refractivity contribution in [1.82, 2.24) is 5.32 Å². The Morgan fingerprint density at radius 2 is 1.86 bits per heavy atom. The van der Waals surface area contributed by atoms with E-state index in [1.165, 1.54) is 30.3 Å². The molecule has 0 atom stereocenters. The van der Waals surface area contributed by atoms with Crippen LogP contribution in [0.2, 0.25) is 10.0 Å². The smallest absolute Gasteiger partial charge is 0.335 e. The van der Waals surface area contributed by atoms with E-state index >= 15 is 0 Å². The minimum Gasteiger partial charge on any atom is -0.488 e. The molecule has 1 fully saturated rings. The maximum Gasteiger partial charge on any atom is 0.335 e. The van der Waals surface area contributed by atoms with Gasteiger partial charge in [0, 0.05) is 10.0 Å². The second-order valence-corrected chi connectivity index (χ2v) is 9.65. The molecule has 3 aromatic rings.